The van der Waals surface area contributed by atoms with Crippen molar-refractivity contribution in [3.63, 3.8) is 0 Å². The minimum absolute atomic E-state index is 0.0198. The first kappa shape index (κ1) is 18.7. The van der Waals surface area contributed by atoms with Gasteiger partial charge in [-0.25, -0.2) is 14.8 Å². The minimum Gasteiger partial charge on any atom is -0.390 e. The van der Waals surface area contributed by atoms with Gasteiger partial charge in [0.05, 0.1) is 11.4 Å². The maximum absolute atomic E-state index is 12.8. The first-order chi connectivity index (χ1) is 14.5. The van der Waals surface area contributed by atoms with Crippen LogP contribution in [0.3, 0.4) is 0 Å². The van der Waals surface area contributed by atoms with Crippen molar-refractivity contribution in [3.8, 4) is 0 Å². The van der Waals surface area contributed by atoms with Gasteiger partial charge in [0.25, 0.3) is 5.56 Å². The molecule has 0 radical (unpaired) electrons. The van der Waals surface area contributed by atoms with E-state index in [0.29, 0.717) is 22.0 Å². The summed E-state index contributed by atoms with van der Waals surface area (Å²) in [6, 6.07) is 9.51. The van der Waals surface area contributed by atoms with Crippen molar-refractivity contribution in [1.82, 2.24) is 24.3 Å². The van der Waals surface area contributed by atoms with Crippen LogP contribution in [0.5, 0.6) is 0 Å². The lowest BCUT2D eigenvalue weighted by Crippen LogP contribution is -2.31. The van der Waals surface area contributed by atoms with Crippen molar-refractivity contribution in [2.75, 3.05) is 0 Å². The van der Waals surface area contributed by atoms with E-state index < -0.39 is 5.76 Å². The summed E-state index contributed by atoms with van der Waals surface area (Å²) in [5.41, 5.74) is 2.15. The van der Waals surface area contributed by atoms with Gasteiger partial charge in [-0.2, -0.15) is 4.68 Å². The molecule has 3 aromatic heterocycles. The van der Waals surface area contributed by atoms with Crippen LogP contribution in [0.4, 0.5) is 0 Å². The van der Waals surface area contributed by atoms with Crippen molar-refractivity contribution < 1.29 is 4.42 Å². The highest BCUT2D eigenvalue weighted by Crippen LogP contribution is 2.43. The van der Waals surface area contributed by atoms with Gasteiger partial charge in [0.15, 0.2) is 5.65 Å². The van der Waals surface area contributed by atoms with Crippen molar-refractivity contribution in [1.29, 1.82) is 0 Å². The van der Waals surface area contributed by atoms with Gasteiger partial charge < -0.3 is 4.42 Å². The molecule has 1 saturated carbocycles. The van der Waals surface area contributed by atoms with Crippen molar-refractivity contribution >= 4 is 22.6 Å². The molecule has 0 saturated heterocycles. The Morgan fingerprint density at radius 1 is 1.13 bits per heavy atom. The normalized spacial score (nSPS) is 18.5. The Bertz CT molecular complexity index is 1350. The summed E-state index contributed by atoms with van der Waals surface area (Å²) in [5.74, 6) is 0.0334. The summed E-state index contributed by atoms with van der Waals surface area (Å²) in [6.07, 6.45) is 4.62. The number of hydrogen-bond acceptors (Lipinski definition) is 6. The Kier molecular flexibility index (Phi) is 4.51. The quantitative estimate of drug-likeness (QED) is 0.500. The van der Waals surface area contributed by atoms with E-state index in [1.54, 1.807) is 12.3 Å². The number of hydrogen-bond donors (Lipinski definition) is 0. The van der Waals surface area contributed by atoms with Gasteiger partial charge in [-0.1, -0.05) is 23.7 Å². The number of rotatable bonds is 4. The van der Waals surface area contributed by atoms with Crippen LogP contribution in [0.2, 0.25) is 5.02 Å². The molecule has 0 atom stereocenters. The number of nitrogens with zero attached hydrogens (tertiary/aromatic N) is 5. The molecule has 8 nitrogen and oxygen atoms in total. The molecule has 0 N–H and O–H groups in total. The Labute approximate surface area is 175 Å². The number of pyridine rings is 1. The fraction of sp³-hybridized carbons (Fsp3) is 0.286. The summed E-state index contributed by atoms with van der Waals surface area (Å²) in [7, 11) is 0. The van der Waals surface area contributed by atoms with Crippen molar-refractivity contribution in [2.45, 2.75) is 38.3 Å². The van der Waals surface area contributed by atoms with E-state index in [9.17, 15) is 9.59 Å². The Morgan fingerprint density at radius 3 is 2.67 bits per heavy atom. The smallest absolute Gasteiger partial charge is 0.390 e. The van der Waals surface area contributed by atoms with E-state index in [4.69, 9.17) is 16.0 Å². The van der Waals surface area contributed by atoms with Gasteiger partial charge in [0.2, 0.25) is 5.89 Å². The van der Waals surface area contributed by atoms with Crippen LogP contribution >= 0.6 is 11.6 Å². The van der Waals surface area contributed by atoms with Crippen molar-refractivity contribution in [2.24, 2.45) is 0 Å². The van der Waals surface area contributed by atoms with E-state index in [1.807, 2.05) is 31.2 Å². The van der Waals surface area contributed by atoms with Gasteiger partial charge in [0, 0.05) is 11.2 Å². The van der Waals surface area contributed by atoms with Crippen molar-refractivity contribution in [3.05, 3.63) is 85.8 Å². The van der Waals surface area contributed by atoms with Gasteiger partial charge in [-0.05, 0) is 55.0 Å². The predicted octanol–water partition coefficient (Wildman–Crippen LogP) is 3.07. The fourth-order valence-electron chi connectivity index (χ4n) is 3.90. The Hall–Kier alpha value is -3.26. The molecule has 152 valence electrons. The zero-order valence-corrected chi connectivity index (χ0v) is 16.9. The van der Waals surface area contributed by atoms with Crippen LogP contribution < -0.4 is 11.3 Å². The van der Waals surface area contributed by atoms with Gasteiger partial charge in [-0.15, -0.1) is 5.10 Å². The molecule has 30 heavy (non-hydrogen) atoms. The second kappa shape index (κ2) is 7.21. The maximum Gasteiger partial charge on any atom is 0.437 e. The zero-order valence-electron chi connectivity index (χ0n) is 16.2. The summed E-state index contributed by atoms with van der Waals surface area (Å²) >= 11 is 5.94. The lowest BCUT2D eigenvalue weighted by molar-refractivity contribution is 0.233. The molecule has 1 aliphatic rings. The number of aromatic nitrogens is 5. The van der Waals surface area contributed by atoms with Crippen LogP contribution in [0, 0.1) is 6.92 Å². The van der Waals surface area contributed by atoms with Crippen LogP contribution in [-0.2, 0) is 6.54 Å². The monoisotopic (exact) mass is 423 g/mol. The Morgan fingerprint density at radius 2 is 1.90 bits per heavy atom. The highest BCUT2D eigenvalue weighted by molar-refractivity contribution is 6.30. The van der Waals surface area contributed by atoms with Gasteiger partial charge in [0.1, 0.15) is 12.9 Å². The molecule has 3 heterocycles. The molecule has 0 unspecified atom stereocenters. The number of benzene rings is 1. The first-order valence-corrected chi connectivity index (χ1v) is 10.0. The summed E-state index contributed by atoms with van der Waals surface area (Å²) in [5, 5.41) is 5.48. The zero-order chi connectivity index (χ0) is 20.8. The van der Waals surface area contributed by atoms with Crippen LogP contribution in [-0.4, -0.2) is 24.3 Å². The third-order valence-corrected chi connectivity index (χ3v) is 5.90. The lowest BCUT2D eigenvalue weighted by Gasteiger charge is -2.34. The number of aryl methyl sites for hydroxylation is 1. The molecule has 4 aromatic rings. The topological polar surface area (TPSA) is 95.8 Å². The average Bonchev–Trinajstić information content (AvgIpc) is 3.04. The molecular formula is C21H18ClN5O3. The number of halogens is 1. The second-order valence-corrected chi connectivity index (χ2v) is 8.02. The van der Waals surface area contributed by atoms with E-state index >= 15 is 0 Å². The average molecular weight is 424 g/mol. The largest absolute Gasteiger partial charge is 0.437 e. The first-order valence-electron chi connectivity index (χ1n) is 9.64. The minimum atomic E-state index is -0.510. The fourth-order valence-corrected chi connectivity index (χ4v) is 4.03. The molecule has 9 heteroatoms. The lowest BCUT2D eigenvalue weighted by atomic mass is 9.76. The molecule has 0 aliphatic heterocycles. The summed E-state index contributed by atoms with van der Waals surface area (Å²) < 4.78 is 8.07. The molecular weight excluding hydrogens is 406 g/mol. The van der Waals surface area contributed by atoms with E-state index in [-0.39, 0.29) is 24.0 Å². The summed E-state index contributed by atoms with van der Waals surface area (Å²) in [6.45, 7) is 1.87. The molecule has 1 aliphatic carbocycles. The summed E-state index contributed by atoms with van der Waals surface area (Å²) in [4.78, 5) is 33.4. The predicted molar refractivity (Wildman–Crippen MR) is 111 cm³/mol. The molecule has 1 fully saturated rings. The molecule has 1 aromatic carbocycles. The highest BCUT2D eigenvalue weighted by atomic mass is 35.5. The number of fused-ring (bicyclic) bond motifs is 1. The van der Waals surface area contributed by atoms with E-state index in [2.05, 4.69) is 15.1 Å². The Balaban J connectivity index is 1.36. The van der Waals surface area contributed by atoms with Crippen LogP contribution in [0.1, 0.15) is 41.8 Å². The standard InChI is InChI=1S/C21H18ClN5O3/c1-12-6-7-23-19-18(12)20(28)26(11-24-19)10-17-25-27(21(29)30-17)16-8-14(9-16)13-2-4-15(22)5-3-13/h2-7,11,14,16H,8-10H2,1H3/t14-,16-. The SMILES string of the molecule is Cc1ccnc2ncn(Cc3nn([C@H]4C[C@H](c5ccc(Cl)cc5)C4)c(=O)o3)c(=O)c12. The van der Waals surface area contributed by atoms with E-state index in [0.717, 1.165) is 18.4 Å². The molecule has 0 bridgehead atoms. The maximum atomic E-state index is 12.8. The van der Waals surface area contributed by atoms with Gasteiger partial charge in [-0.3, -0.25) is 9.36 Å². The highest BCUT2D eigenvalue weighted by Gasteiger charge is 2.34. The van der Waals surface area contributed by atoms with Crippen LogP contribution in [0.25, 0.3) is 11.0 Å². The third kappa shape index (κ3) is 3.23. The molecule has 5 rings (SSSR count). The molecule has 0 amide bonds. The second-order valence-electron chi connectivity index (χ2n) is 7.58. The van der Waals surface area contributed by atoms with Crippen LogP contribution in [0.15, 0.2) is 56.9 Å². The third-order valence-electron chi connectivity index (χ3n) is 5.65. The molecule has 0 spiro atoms. The van der Waals surface area contributed by atoms with E-state index in [1.165, 1.54) is 21.1 Å². The van der Waals surface area contributed by atoms with Gasteiger partial charge >= 0.3 is 5.76 Å².